The molecule has 0 bridgehead atoms. The van der Waals surface area contributed by atoms with Crippen molar-refractivity contribution in [3.63, 3.8) is 0 Å². The van der Waals surface area contributed by atoms with Gasteiger partial charge in [0.1, 0.15) is 28.8 Å². The molecule has 2 aliphatic rings. The van der Waals surface area contributed by atoms with Crippen LogP contribution in [-0.4, -0.2) is 70.1 Å². The number of esters is 1. The third-order valence-corrected chi connectivity index (χ3v) is 9.35. The maximum Gasteiger partial charge on any atom is 0.433 e. The minimum atomic E-state index is -4.68. The first kappa shape index (κ1) is 38.0. The number of oxazole rings is 1. The molecule has 3 aromatic carbocycles. The van der Waals surface area contributed by atoms with Crippen LogP contribution in [0.25, 0.3) is 33.1 Å². The van der Waals surface area contributed by atoms with Crippen LogP contribution in [-0.2, 0) is 20.5 Å². The number of likely N-dealkylation sites (tertiary alicyclic amines) is 1. The average molecular weight is 748 g/mol. The molecule has 3 heterocycles. The second-order valence-electron chi connectivity index (χ2n) is 13.3. The van der Waals surface area contributed by atoms with Crippen LogP contribution in [0, 0.1) is 12.8 Å². The molecule has 1 aliphatic carbocycles. The summed E-state index contributed by atoms with van der Waals surface area (Å²) >= 11 is 0. The molecule has 15 heteroatoms. The predicted molar refractivity (Wildman–Crippen MR) is 192 cm³/mol. The van der Waals surface area contributed by atoms with Gasteiger partial charge in [0, 0.05) is 41.3 Å². The number of amides is 2. The first-order valence-electron chi connectivity index (χ1n) is 17.5. The van der Waals surface area contributed by atoms with Crippen molar-refractivity contribution < 1.29 is 46.6 Å². The number of nitrogens with two attached hydrogens (primary N) is 1. The molecule has 284 valence electrons. The molecule has 1 saturated heterocycles. The van der Waals surface area contributed by atoms with Crippen LogP contribution in [0.1, 0.15) is 66.7 Å². The van der Waals surface area contributed by atoms with Crippen molar-refractivity contribution in [3.05, 3.63) is 83.4 Å². The standard InChI is InChI=1S/C28H30F3N5O6.C11H10O/c1-4-41-27(39)18-11-15(33-24(37)14-5-6-14)12-36(18)26(38)22-23(13(2)32)42-25(35-22)17-7-9-19(40-3)21-16(17)8-10-20(34-21)28(29,30)31;1-8-6-7-9-4-2-3-5-10(9)11(8)12/h7-10,13-15,18H,4-6,11-12,32H2,1-3H3,(H,33,37);2-7,12H,1H3/t13-,15+,18-;/m0./s1. The van der Waals surface area contributed by atoms with Crippen molar-refractivity contribution >= 4 is 39.5 Å². The van der Waals surface area contributed by atoms with E-state index in [1.165, 1.54) is 30.2 Å². The second kappa shape index (κ2) is 15.3. The van der Waals surface area contributed by atoms with Crippen LogP contribution in [0.5, 0.6) is 11.5 Å². The Kier molecular flexibility index (Phi) is 10.8. The maximum atomic E-state index is 13.9. The summed E-state index contributed by atoms with van der Waals surface area (Å²) in [7, 11) is 1.31. The molecule has 54 heavy (non-hydrogen) atoms. The summed E-state index contributed by atoms with van der Waals surface area (Å²) in [6.45, 7) is 5.27. The Balaban J connectivity index is 0.000000349. The van der Waals surface area contributed by atoms with Gasteiger partial charge in [-0.25, -0.2) is 14.8 Å². The number of aromatic hydroxyl groups is 1. The minimum Gasteiger partial charge on any atom is -0.507 e. The molecule has 2 amide bonds. The molecular weight excluding hydrogens is 707 g/mol. The lowest BCUT2D eigenvalue weighted by atomic mass is 10.1. The molecule has 2 fully saturated rings. The number of aryl methyl sites for hydroxylation is 1. The van der Waals surface area contributed by atoms with Crippen LogP contribution < -0.4 is 15.8 Å². The number of alkyl halides is 3. The average Bonchev–Trinajstić information content (AvgIpc) is 3.77. The van der Waals surface area contributed by atoms with E-state index in [0.29, 0.717) is 5.75 Å². The van der Waals surface area contributed by atoms with Gasteiger partial charge in [-0.15, -0.1) is 0 Å². The predicted octanol–water partition coefficient (Wildman–Crippen LogP) is 6.46. The SMILES string of the molecule is CCOC(=O)[C@@H]1C[C@@H](NC(=O)C2CC2)CN1C(=O)c1nc(-c2ccc(OC)c3nc(C(F)(F)F)ccc23)oc1[C@H](C)N.Cc1ccc2ccccc2c1O. The summed E-state index contributed by atoms with van der Waals surface area (Å²) < 4.78 is 56.5. The van der Waals surface area contributed by atoms with Crippen LogP contribution in [0.3, 0.4) is 0 Å². The van der Waals surface area contributed by atoms with E-state index in [2.05, 4.69) is 15.3 Å². The molecule has 12 nitrogen and oxygen atoms in total. The van der Waals surface area contributed by atoms with Crippen LogP contribution in [0.15, 0.2) is 65.1 Å². The quantitative estimate of drug-likeness (QED) is 0.150. The van der Waals surface area contributed by atoms with Crippen LogP contribution >= 0.6 is 0 Å². The number of methoxy groups -OCH3 is 1. The first-order chi connectivity index (χ1) is 25.7. The summed E-state index contributed by atoms with van der Waals surface area (Å²) in [5.74, 6) is -1.01. The van der Waals surface area contributed by atoms with Gasteiger partial charge in [-0.3, -0.25) is 9.59 Å². The lowest BCUT2D eigenvalue weighted by molar-refractivity contribution is -0.147. The molecule has 5 aromatic rings. The Morgan fingerprint density at radius 2 is 1.80 bits per heavy atom. The van der Waals surface area contributed by atoms with E-state index in [1.807, 2.05) is 43.3 Å². The molecule has 3 atom stereocenters. The van der Waals surface area contributed by atoms with Crippen molar-refractivity contribution in [2.45, 2.75) is 64.3 Å². The van der Waals surface area contributed by atoms with Gasteiger partial charge in [0.05, 0.1) is 19.8 Å². The Labute approximate surface area is 308 Å². The van der Waals surface area contributed by atoms with Gasteiger partial charge >= 0.3 is 12.1 Å². The normalized spacial score (nSPS) is 17.5. The Morgan fingerprint density at radius 1 is 1.06 bits per heavy atom. The highest BCUT2D eigenvalue weighted by Crippen LogP contribution is 2.38. The number of carbonyl (C=O) groups is 3. The van der Waals surface area contributed by atoms with Crippen LogP contribution in [0.4, 0.5) is 13.2 Å². The smallest absolute Gasteiger partial charge is 0.433 e. The summed E-state index contributed by atoms with van der Waals surface area (Å²) in [5, 5.41) is 14.8. The highest BCUT2D eigenvalue weighted by atomic mass is 19.4. The number of fused-ring (bicyclic) bond motifs is 2. The molecule has 1 saturated carbocycles. The van der Waals surface area contributed by atoms with E-state index >= 15 is 0 Å². The number of aromatic nitrogens is 2. The van der Waals surface area contributed by atoms with Crippen LogP contribution in [0.2, 0.25) is 0 Å². The molecule has 0 spiro atoms. The number of pyridine rings is 1. The largest absolute Gasteiger partial charge is 0.507 e. The first-order valence-corrected chi connectivity index (χ1v) is 17.5. The van der Waals surface area contributed by atoms with E-state index in [0.717, 1.165) is 35.2 Å². The number of ether oxygens (including phenoxy) is 2. The molecule has 0 radical (unpaired) electrons. The summed E-state index contributed by atoms with van der Waals surface area (Å²) in [5.41, 5.74) is 5.97. The van der Waals surface area contributed by atoms with Crippen molar-refractivity contribution in [1.82, 2.24) is 20.2 Å². The lowest BCUT2D eigenvalue weighted by Crippen LogP contribution is -2.43. The third kappa shape index (κ3) is 7.81. The molecule has 7 rings (SSSR count). The Morgan fingerprint density at radius 3 is 2.46 bits per heavy atom. The number of benzene rings is 3. The maximum absolute atomic E-state index is 13.9. The number of phenols is 1. The minimum absolute atomic E-state index is 0.0203. The van der Waals surface area contributed by atoms with Gasteiger partial charge < -0.3 is 34.9 Å². The fourth-order valence-electron chi connectivity index (χ4n) is 6.40. The number of halogens is 3. The molecule has 2 aromatic heterocycles. The van der Waals surface area contributed by atoms with Gasteiger partial charge in [-0.1, -0.05) is 36.4 Å². The van der Waals surface area contributed by atoms with E-state index in [4.69, 9.17) is 19.6 Å². The zero-order valence-corrected chi connectivity index (χ0v) is 30.1. The molecule has 4 N–H and O–H groups in total. The summed E-state index contributed by atoms with van der Waals surface area (Å²) in [6.07, 6.45) is -2.91. The zero-order chi connectivity index (χ0) is 38.9. The van der Waals surface area contributed by atoms with Gasteiger partial charge in [0.25, 0.3) is 5.91 Å². The van der Waals surface area contributed by atoms with E-state index in [-0.39, 0.29) is 71.0 Å². The summed E-state index contributed by atoms with van der Waals surface area (Å²) in [4.78, 5) is 48.6. The number of phenolic OH excluding ortho intramolecular Hbond substituents is 1. The lowest BCUT2D eigenvalue weighted by Gasteiger charge is -2.22. The van der Waals surface area contributed by atoms with Gasteiger partial charge in [-0.2, -0.15) is 13.2 Å². The number of rotatable bonds is 8. The second-order valence-corrected chi connectivity index (χ2v) is 13.3. The number of carbonyl (C=O) groups excluding carboxylic acids is 3. The topological polar surface area (TPSA) is 170 Å². The van der Waals surface area contributed by atoms with Crippen molar-refractivity contribution in [2.75, 3.05) is 20.3 Å². The zero-order valence-electron chi connectivity index (χ0n) is 30.1. The molecule has 1 aliphatic heterocycles. The highest BCUT2D eigenvalue weighted by molar-refractivity contribution is 5.99. The summed E-state index contributed by atoms with van der Waals surface area (Å²) in [6, 6.07) is 14.5. The van der Waals surface area contributed by atoms with Crippen molar-refractivity contribution in [1.29, 1.82) is 0 Å². The van der Waals surface area contributed by atoms with Crippen molar-refractivity contribution in [2.24, 2.45) is 11.7 Å². The fraction of sp³-hybridized carbons (Fsp3) is 0.359. The Hall–Kier alpha value is -5.70. The third-order valence-electron chi connectivity index (χ3n) is 9.35. The van der Waals surface area contributed by atoms with Crippen molar-refractivity contribution in [3.8, 4) is 23.0 Å². The van der Waals surface area contributed by atoms with Gasteiger partial charge in [0.15, 0.2) is 11.5 Å². The fourth-order valence-corrected chi connectivity index (χ4v) is 6.40. The number of hydrogen-bond donors (Lipinski definition) is 3. The van der Waals surface area contributed by atoms with E-state index in [1.54, 1.807) is 13.8 Å². The highest BCUT2D eigenvalue weighted by Gasteiger charge is 2.44. The molecular formula is C39H40F3N5O7. The molecule has 0 unspecified atom stereocenters. The van der Waals surface area contributed by atoms with Gasteiger partial charge in [0.2, 0.25) is 11.8 Å². The number of nitrogens with zero attached hydrogens (tertiary/aromatic N) is 3. The van der Waals surface area contributed by atoms with E-state index in [9.17, 15) is 32.7 Å². The van der Waals surface area contributed by atoms with E-state index < -0.39 is 41.9 Å². The Bertz CT molecular complexity index is 2220. The van der Waals surface area contributed by atoms with Gasteiger partial charge in [-0.05, 0) is 68.8 Å². The number of nitrogens with one attached hydrogen (secondary N) is 1. The number of hydrogen-bond acceptors (Lipinski definition) is 10. The monoisotopic (exact) mass is 747 g/mol.